The molecule has 0 spiro atoms. The van der Waals surface area contributed by atoms with Gasteiger partial charge in [0.05, 0.1) is 0 Å². The molecular formula is C10H16N2S. The Bertz CT molecular complexity index is 331. The van der Waals surface area contributed by atoms with E-state index in [9.17, 15) is 0 Å². The Hall–Kier alpha value is -0.570. The number of aryl methyl sites for hydroxylation is 1. The molecule has 0 aliphatic heterocycles. The molecule has 1 aromatic rings. The van der Waals surface area contributed by atoms with Gasteiger partial charge in [-0.25, -0.2) is 0 Å². The minimum absolute atomic E-state index is 0.659. The molecule has 0 saturated heterocycles. The van der Waals surface area contributed by atoms with E-state index in [2.05, 4.69) is 22.7 Å². The molecule has 2 nitrogen and oxygen atoms in total. The van der Waals surface area contributed by atoms with Crippen LogP contribution in [0.15, 0.2) is 6.20 Å². The molecule has 1 aliphatic rings. The fraction of sp³-hybridized carbons (Fsp3) is 0.700. The number of imidazole rings is 1. The number of nitrogens with one attached hydrogen (secondary N) is 1. The number of nitrogens with zero attached hydrogens (tertiary/aromatic N) is 1. The summed E-state index contributed by atoms with van der Waals surface area (Å²) >= 11 is 5.26. The van der Waals surface area contributed by atoms with Gasteiger partial charge in [0.1, 0.15) is 0 Å². The fourth-order valence-corrected chi connectivity index (χ4v) is 2.53. The molecule has 2 rings (SSSR count). The summed E-state index contributed by atoms with van der Waals surface area (Å²) in [6.45, 7) is 2.06. The van der Waals surface area contributed by atoms with Crippen LogP contribution < -0.4 is 0 Å². The minimum atomic E-state index is 0.659. The Labute approximate surface area is 84.0 Å². The molecule has 72 valence electrons. The third-order valence-corrected chi connectivity index (χ3v) is 3.15. The number of aromatic amines is 1. The first-order valence-electron chi connectivity index (χ1n) is 5.05. The Kier molecular flexibility index (Phi) is 2.54. The molecule has 1 aliphatic carbocycles. The van der Waals surface area contributed by atoms with E-state index in [0.29, 0.717) is 6.04 Å². The Morgan fingerprint density at radius 2 is 2.08 bits per heavy atom. The molecule has 1 fully saturated rings. The van der Waals surface area contributed by atoms with Gasteiger partial charge in [0.25, 0.3) is 0 Å². The molecule has 3 heteroatoms. The average molecular weight is 196 g/mol. The van der Waals surface area contributed by atoms with E-state index < -0.39 is 0 Å². The summed E-state index contributed by atoms with van der Waals surface area (Å²) in [6.07, 6.45) is 8.86. The topological polar surface area (TPSA) is 20.7 Å². The standard InChI is InChI=1S/C10H16N2S/c1-8-7-12(10(13)11-8)9-5-3-2-4-6-9/h7,9H,2-6H2,1H3,(H,11,13). The zero-order valence-electron chi connectivity index (χ0n) is 8.05. The molecule has 13 heavy (non-hydrogen) atoms. The zero-order chi connectivity index (χ0) is 9.26. The first kappa shape index (κ1) is 9.00. The highest BCUT2D eigenvalue weighted by Crippen LogP contribution is 2.28. The van der Waals surface area contributed by atoms with Gasteiger partial charge in [-0.1, -0.05) is 19.3 Å². The second kappa shape index (κ2) is 3.66. The maximum atomic E-state index is 5.26. The first-order chi connectivity index (χ1) is 6.27. The highest BCUT2D eigenvalue weighted by molar-refractivity contribution is 7.71. The number of aromatic nitrogens is 2. The fourth-order valence-electron chi connectivity index (χ4n) is 2.16. The molecular weight excluding hydrogens is 180 g/mol. The predicted molar refractivity (Wildman–Crippen MR) is 56.5 cm³/mol. The smallest absolute Gasteiger partial charge is 0.177 e. The average Bonchev–Trinajstić information content (AvgIpc) is 2.47. The lowest BCUT2D eigenvalue weighted by atomic mass is 9.95. The van der Waals surface area contributed by atoms with Crippen molar-refractivity contribution in [3.05, 3.63) is 16.7 Å². The number of rotatable bonds is 1. The Balaban J connectivity index is 2.23. The van der Waals surface area contributed by atoms with Crippen LogP contribution in [0.5, 0.6) is 0 Å². The van der Waals surface area contributed by atoms with Crippen molar-refractivity contribution in [1.82, 2.24) is 9.55 Å². The third kappa shape index (κ3) is 1.85. The molecule has 0 bridgehead atoms. The first-order valence-corrected chi connectivity index (χ1v) is 5.46. The van der Waals surface area contributed by atoms with Crippen LogP contribution in [0.3, 0.4) is 0 Å². The number of hydrogen-bond donors (Lipinski definition) is 1. The number of H-pyrrole nitrogens is 1. The van der Waals surface area contributed by atoms with E-state index in [1.165, 1.54) is 37.8 Å². The normalized spacial score (nSPS) is 19.2. The summed E-state index contributed by atoms with van der Waals surface area (Å²) in [4.78, 5) is 3.18. The van der Waals surface area contributed by atoms with Gasteiger partial charge in [0, 0.05) is 17.9 Å². The largest absolute Gasteiger partial charge is 0.335 e. The van der Waals surface area contributed by atoms with Crippen LogP contribution in [0, 0.1) is 11.7 Å². The van der Waals surface area contributed by atoms with Crippen molar-refractivity contribution in [3.63, 3.8) is 0 Å². The van der Waals surface area contributed by atoms with Gasteiger partial charge in [0.2, 0.25) is 0 Å². The molecule has 1 heterocycles. The molecule has 0 unspecified atom stereocenters. The van der Waals surface area contributed by atoms with Gasteiger partial charge in [-0.2, -0.15) is 0 Å². The second-order valence-electron chi connectivity index (χ2n) is 3.94. The zero-order valence-corrected chi connectivity index (χ0v) is 8.86. The third-order valence-electron chi connectivity index (χ3n) is 2.84. The summed E-state index contributed by atoms with van der Waals surface area (Å²) in [6, 6.07) is 0.659. The van der Waals surface area contributed by atoms with Gasteiger partial charge in [-0.15, -0.1) is 0 Å². The Morgan fingerprint density at radius 3 is 2.62 bits per heavy atom. The molecule has 1 saturated carbocycles. The lowest BCUT2D eigenvalue weighted by Crippen LogP contribution is -2.11. The van der Waals surface area contributed by atoms with Crippen molar-refractivity contribution >= 4 is 12.2 Å². The van der Waals surface area contributed by atoms with E-state index >= 15 is 0 Å². The van der Waals surface area contributed by atoms with Crippen LogP contribution in [0.4, 0.5) is 0 Å². The quantitative estimate of drug-likeness (QED) is 0.683. The molecule has 0 atom stereocenters. The molecule has 1 aromatic heterocycles. The van der Waals surface area contributed by atoms with Gasteiger partial charge < -0.3 is 9.55 Å². The van der Waals surface area contributed by atoms with Crippen molar-refractivity contribution in [2.45, 2.75) is 45.1 Å². The van der Waals surface area contributed by atoms with Crippen molar-refractivity contribution in [2.24, 2.45) is 0 Å². The summed E-state index contributed by atoms with van der Waals surface area (Å²) in [5.41, 5.74) is 1.18. The van der Waals surface area contributed by atoms with E-state index in [1.807, 2.05) is 0 Å². The summed E-state index contributed by atoms with van der Waals surface area (Å²) < 4.78 is 3.13. The summed E-state index contributed by atoms with van der Waals surface area (Å²) in [5, 5.41) is 0. The van der Waals surface area contributed by atoms with E-state index in [4.69, 9.17) is 12.2 Å². The van der Waals surface area contributed by atoms with E-state index in [0.717, 1.165) is 4.77 Å². The molecule has 0 aromatic carbocycles. The van der Waals surface area contributed by atoms with E-state index in [-0.39, 0.29) is 0 Å². The van der Waals surface area contributed by atoms with Gasteiger partial charge in [-0.05, 0) is 32.0 Å². The predicted octanol–water partition coefficient (Wildman–Crippen LogP) is 3.36. The maximum absolute atomic E-state index is 5.26. The van der Waals surface area contributed by atoms with Crippen LogP contribution in [-0.2, 0) is 0 Å². The molecule has 1 N–H and O–H groups in total. The maximum Gasteiger partial charge on any atom is 0.177 e. The van der Waals surface area contributed by atoms with E-state index in [1.54, 1.807) is 0 Å². The SMILES string of the molecule is Cc1cn(C2CCCCC2)c(=S)[nH]1. The highest BCUT2D eigenvalue weighted by Gasteiger charge is 2.15. The molecule has 0 radical (unpaired) electrons. The van der Waals surface area contributed by atoms with Crippen LogP contribution >= 0.6 is 12.2 Å². The van der Waals surface area contributed by atoms with Gasteiger partial charge in [0.15, 0.2) is 4.77 Å². The van der Waals surface area contributed by atoms with Crippen LogP contribution in [0.25, 0.3) is 0 Å². The van der Waals surface area contributed by atoms with Crippen molar-refractivity contribution in [1.29, 1.82) is 0 Å². The lowest BCUT2D eigenvalue weighted by molar-refractivity contribution is 0.350. The second-order valence-corrected chi connectivity index (χ2v) is 4.33. The van der Waals surface area contributed by atoms with Crippen molar-refractivity contribution in [3.8, 4) is 0 Å². The highest BCUT2D eigenvalue weighted by atomic mass is 32.1. The Morgan fingerprint density at radius 1 is 1.38 bits per heavy atom. The van der Waals surface area contributed by atoms with Crippen LogP contribution in [0.1, 0.15) is 43.8 Å². The van der Waals surface area contributed by atoms with Crippen LogP contribution in [-0.4, -0.2) is 9.55 Å². The van der Waals surface area contributed by atoms with Gasteiger partial charge >= 0.3 is 0 Å². The minimum Gasteiger partial charge on any atom is -0.335 e. The van der Waals surface area contributed by atoms with Crippen molar-refractivity contribution in [2.75, 3.05) is 0 Å². The molecule has 0 amide bonds. The number of hydrogen-bond acceptors (Lipinski definition) is 1. The van der Waals surface area contributed by atoms with Gasteiger partial charge in [-0.3, -0.25) is 0 Å². The van der Waals surface area contributed by atoms with Crippen molar-refractivity contribution < 1.29 is 0 Å². The summed E-state index contributed by atoms with van der Waals surface area (Å²) in [7, 11) is 0. The monoisotopic (exact) mass is 196 g/mol. The van der Waals surface area contributed by atoms with Crippen LogP contribution in [0.2, 0.25) is 0 Å². The summed E-state index contributed by atoms with van der Waals surface area (Å²) in [5.74, 6) is 0. The lowest BCUT2D eigenvalue weighted by Gasteiger charge is -2.22.